The number of nitriles is 1. The van der Waals surface area contributed by atoms with Gasteiger partial charge in [-0.1, -0.05) is 17.8 Å². The van der Waals surface area contributed by atoms with E-state index in [1.165, 1.54) is 12.8 Å². The van der Waals surface area contributed by atoms with Crippen molar-refractivity contribution in [2.45, 2.75) is 54.1 Å². The maximum Gasteiger partial charge on any atom is 0.195 e. The van der Waals surface area contributed by atoms with E-state index in [4.69, 9.17) is 0 Å². The molecule has 2 fully saturated rings. The van der Waals surface area contributed by atoms with Crippen molar-refractivity contribution in [2.24, 2.45) is 0 Å². The molecule has 0 radical (unpaired) electrons. The van der Waals surface area contributed by atoms with Gasteiger partial charge in [0, 0.05) is 17.5 Å². The molecule has 2 aliphatic carbocycles. The lowest BCUT2D eigenvalue weighted by Gasteiger charge is -2.22. The number of nitrogens with zero attached hydrogens (tertiary/aromatic N) is 4. The number of nitrogens with one attached hydrogen (secondary N) is 1. The average Bonchev–Trinajstić information content (AvgIpc) is 3.09. The molecule has 21 heavy (non-hydrogen) atoms. The Bertz CT molecular complexity index is 701. The second-order valence-corrected chi connectivity index (χ2v) is 7.27. The number of fused-ring (bicyclic) bond motifs is 1. The molecule has 2 aromatic rings. The molecule has 2 saturated carbocycles. The van der Waals surface area contributed by atoms with E-state index in [9.17, 15) is 5.26 Å². The maximum atomic E-state index is 9.55. The molecule has 2 aromatic heterocycles. The number of thioether (sulfide) groups is 1. The van der Waals surface area contributed by atoms with Gasteiger partial charge in [0.2, 0.25) is 0 Å². The minimum absolute atomic E-state index is 0.320. The summed E-state index contributed by atoms with van der Waals surface area (Å²) in [5.41, 5.74) is 0.555. The topological polar surface area (TPSA) is 66.0 Å². The summed E-state index contributed by atoms with van der Waals surface area (Å²) in [6.07, 6.45) is 7.32. The van der Waals surface area contributed by atoms with Crippen LogP contribution in [0.2, 0.25) is 0 Å². The van der Waals surface area contributed by atoms with Gasteiger partial charge in [0.05, 0.1) is 6.07 Å². The van der Waals surface area contributed by atoms with E-state index >= 15 is 0 Å². The first kappa shape index (κ1) is 13.1. The minimum atomic E-state index is -0.320. The first-order valence-corrected chi connectivity index (χ1v) is 8.31. The molecule has 0 spiro atoms. The summed E-state index contributed by atoms with van der Waals surface area (Å²) >= 11 is 1.75. The third-order valence-corrected chi connectivity index (χ3v) is 5.52. The molecule has 5 nitrogen and oxygen atoms in total. The summed E-state index contributed by atoms with van der Waals surface area (Å²) in [4.78, 5) is 0. The molecule has 1 N–H and O–H groups in total. The van der Waals surface area contributed by atoms with E-state index in [2.05, 4.69) is 21.6 Å². The smallest absolute Gasteiger partial charge is 0.195 e. The fourth-order valence-electron chi connectivity index (χ4n) is 3.03. The Morgan fingerprint density at radius 3 is 3.05 bits per heavy atom. The van der Waals surface area contributed by atoms with E-state index in [1.807, 2.05) is 28.8 Å². The van der Waals surface area contributed by atoms with Crippen molar-refractivity contribution < 1.29 is 0 Å². The molecule has 0 aromatic carbocycles. The van der Waals surface area contributed by atoms with Crippen LogP contribution >= 0.6 is 11.8 Å². The van der Waals surface area contributed by atoms with Gasteiger partial charge in [-0.3, -0.25) is 9.72 Å². The molecule has 0 aliphatic heterocycles. The zero-order valence-corrected chi connectivity index (χ0v) is 12.5. The molecule has 2 heterocycles. The van der Waals surface area contributed by atoms with Crippen molar-refractivity contribution >= 4 is 17.4 Å². The third-order valence-electron chi connectivity index (χ3n) is 4.30. The van der Waals surface area contributed by atoms with Crippen molar-refractivity contribution in [3.05, 3.63) is 24.4 Å². The van der Waals surface area contributed by atoms with Crippen LogP contribution in [-0.4, -0.2) is 31.4 Å². The molecule has 108 valence electrons. The van der Waals surface area contributed by atoms with E-state index in [1.54, 1.807) is 11.8 Å². The van der Waals surface area contributed by atoms with Gasteiger partial charge in [-0.05, 0) is 44.2 Å². The third kappa shape index (κ3) is 2.52. The van der Waals surface area contributed by atoms with E-state index in [0.717, 1.165) is 30.1 Å². The number of pyridine rings is 1. The lowest BCUT2D eigenvalue weighted by molar-refractivity contribution is 0.420. The molecule has 0 amide bonds. The molecule has 0 bridgehead atoms. The fraction of sp³-hybridized carbons (Fsp3) is 0.533. The lowest BCUT2D eigenvalue weighted by atomic mass is 10.00. The number of aromatic nitrogens is 3. The Morgan fingerprint density at radius 1 is 1.33 bits per heavy atom. The molecule has 6 heteroatoms. The first-order chi connectivity index (χ1) is 10.3. The van der Waals surface area contributed by atoms with Gasteiger partial charge in [0.1, 0.15) is 5.54 Å². The van der Waals surface area contributed by atoms with Crippen LogP contribution in [0.4, 0.5) is 0 Å². The van der Waals surface area contributed by atoms with Crippen LogP contribution in [0.5, 0.6) is 0 Å². The molecule has 2 aliphatic rings. The Morgan fingerprint density at radius 2 is 2.24 bits per heavy atom. The number of hydrogen-bond donors (Lipinski definition) is 1. The molecule has 4 rings (SSSR count). The van der Waals surface area contributed by atoms with Crippen LogP contribution < -0.4 is 5.32 Å². The summed E-state index contributed by atoms with van der Waals surface area (Å²) in [5.74, 6) is 0. The first-order valence-electron chi connectivity index (χ1n) is 7.43. The van der Waals surface area contributed by atoms with Crippen molar-refractivity contribution in [3.63, 3.8) is 0 Å². The van der Waals surface area contributed by atoms with E-state index < -0.39 is 0 Å². The van der Waals surface area contributed by atoms with Crippen LogP contribution in [0.15, 0.2) is 29.6 Å². The molecule has 2 atom stereocenters. The van der Waals surface area contributed by atoms with Crippen LogP contribution in [0, 0.1) is 11.3 Å². The summed E-state index contributed by atoms with van der Waals surface area (Å²) in [6.45, 7) is 0. The quantitative estimate of drug-likeness (QED) is 0.939. The summed E-state index contributed by atoms with van der Waals surface area (Å²) in [7, 11) is 0. The normalized spacial score (nSPS) is 28.8. The Kier molecular flexibility index (Phi) is 3.12. The Balaban J connectivity index is 1.49. The fourth-order valence-corrected chi connectivity index (χ4v) is 4.29. The van der Waals surface area contributed by atoms with Crippen molar-refractivity contribution in [2.75, 3.05) is 0 Å². The van der Waals surface area contributed by atoms with Crippen molar-refractivity contribution in [1.82, 2.24) is 19.9 Å². The summed E-state index contributed by atoms with van der Waals surface area (Å²) in [5, 5.41) is 22.9. The van der Waals surface area contributed by atoms with E-state index in [-0.39, 0.29) is 5.54 Å². The largest absolute Gasteiger partial charge is 0.297 e. The van der Waals surface area contributed by atoms with Crippen LogP contribution in [0.3, 0.4) is 0 Å². The number of hydrogen-bond acceptors (Lipinski definition) is 5. The van der Waals surface area contributed by atoms with Crippen molar-refractivity contribution in [1.29, 1.82) is 5.26 Å². The van der Waals surface area contributed by atoms with Gasteiger partial charge in [-0.2, -0.15) is 5.26 Å². The highest BCUT2D eigenvalue weighted by molar-refractivity contribution is 7.99. The predicted molar refractivity (Wildman–Crippen MR) is 81.0 cm³/mol. The Labute approximate surface area is 127 Å². The van der Waals surface area contributed by atoms with Crippen molar-refractivity contribution in [3.8, 4) is 6.07 Å². The van der Waals surface area contributed by atoms with Gasteiger partial charge in [0.25, 0.3) is 0 Å². The predicted octanol–water partition coefficient (Wildman–Crippen LogP) is 2.39. The van der Waals surface area contributed by atoms with Crippen LogP contribution in [-0.2, 0) is 0 Å². The molecule has 2 unspecified atom stereocenters. The van der Waals surface area contributed by atoms with Gasteiger partial charge in [0.15, 0.2) is 10.8 Å². The molecule has 0 saturated heterocycles. The highest BCUT2D eigenvalue weighted by Gasteiger charge is 2.43. The highest BCUT2D eigenvalue weighted by Crippen LogP contribution is 2.41. The monoisotopic (exact) mass is 299 g/mol. The lowest BCUT2D eigenvalue weighted by Crippen LogP contribution is -2.43. The number of rotatable bonds is 4. The molecular weight excluding hydrogens is 282 g/mol. The zero-order valence-electron chi connectivity index (χ0n) is 11.7. The van der Waals surface area contributed by atoms with Crippen LogP contribution in [0.25, 0.3) is 5.65 Å². The SMILES string of the molecule is N#CC1(NC2CC2)CCC(Sc2nnc3ccccn23)C1. The minimum Gasteiger partial charge on any atom is -0.297 e. The summed E-state index contributed by atoms with van der Waals surface area (Å²) < 4.78 is 2.02. The van der Waals surface area contributed by atoms with E-state index in [0.29, 0.717) is 11.3 Å². The standard InChI is InChI=1S/C15H17N5S/c16-10-15(17-11-4-5-11)7-6-12(9-15)21-14-19-18-13-3-1-2-8-20(13)14/h1-3,8,11-12,17H,4-7,9H2. The Hall–Kier alpha value is -1.58. The van der Waals surface area contributed by atoms with Gasteiger partial charge < -0.3 is 0 Å². The summed E-state index contributed by atoms with van der Waals surface area (Å²) in [6, 6.07) is 9.01. The van der Waals surface area contributed by atoms with Gasteiger partial charge in [-0.25, -0.2) is 0 Å². The second kappa shape index (κ2) is 5.00. The van der Waals surface area contributed by atoms with Crippen LogP contribution in [0.1, 0.15) is 32.1 Å². The highest BCUT2D eigenvalue weighted by atomic mass is 32.2. The maximum absolute atomic E-state index is 9.55. The zero-order chi connectivity index (χ0) is 14.3. The molecular formula is C15H17N5S. The second-order valence-electron chi connectivity index (χ2n) is 6.01. The van der Waals surface area contributed by atoms with Gasteiger partial charge >= 0.3 is 0 Å². The average molecular weight is 299 g/mol. The van der Waals surface area contributed by atoms with Gasteiger partial charge in [-0.15, -0.1) is 10.2 Å².